The molecule has 3 heteroatoms. The Morgan fingerprint density at radius 2 is 1.77 bits per heavy atom. The Bertz CT molecular complexity index is 405. The van der Waals surface area contributed by atoms with Gasteiger partial charge in [-0.1, -0.05) is 28.1 Å². The van der Waals surface area contributed by atoms with Crippen LogP contribution in [0.25, 0.3) is 11.1 Å². The highest BCUT2D eigenvalue weighted by Gasteiger charge is 2.03. The second-order valence-corrected chi connectivity index (χ2v) is 3.66. The molecule has 0 amide bonds. The van der Waals surface area contributed by atoms with Gasteiger partial charge in [-0.05, 0) is 17.7 Å². The monoisotopic (exact) mass is 237 g/mol. The van der Waals surface area contributed by atoms with Crippen LogP contribution in [0.5, 0.6) is 0 Å². The zero-order valence-corrected chi connectivity index (χ0v) is 8.41. The number of rotatable bonds is 1. The Morgan fingerprint density at radius 1 is 1.08 bits per heavy atom. The first-order valence-corrected chi connectivity index (χ1v) is 4.64. The van der Waals surface area contributed by atoms with Crippen molar-refractivity contribution in [1.82, 2.24) is 0 Å². The zero-order chi connectivity index (χ0) is 9.26. The zero-order valence-electron chi connectivity index (χ0n) is 6.83. The van der Waals surface area contributed by atoms with Crippen molar-refractivity contribution in [2.45, 2.75) is 0 Å². The minimum Gasteiger partial charge on any atom is -0.470 e. The fourth-order valence-electron chi connectivity index (χ4n) is 1.17. The van der Waals surface area contributed by atoms with Crippen LogP contribution in [0.15, 0.2) is 45.7 Å². The summed E-state index contributed by atoms with van der Waals surface area (Å²) in [5.74, 6) is 0. The molecule has 66 valence electrons. The van der Waals surface area contributed by atoms with Gasteiger partial charge < -0.3 is 10.2 Å². The van der Waals surface area contributed by atoms with Crippen molar-refractivity contribution < 1.29 is 4.42 Å². The number of nitrogens with two attached hydrogens (primary N) is 1. The Balaban J connectivity index is 2.47. The summed E-state index contributed by atoms with van der Waals surface area (Å²) < 4.78 is 6.05. The average molecular weight is 238 g/mol. The van der Waals surface area contributed by atoms with Crippen molar-refractivity contribution in [2.24, 2.45) is 0 Å². The molecule has 2 aromatic rings. The molecule has 0 saturated heterocycles. The lowest BCUT2D eigenvalue weighted by Crippen LogP contribution is -1.83. The summed E-state index contributed by atoms with van der Waals surface area (Å²) in [6.45, 7) is 0. The average Bonchev–Trinajstić information content (AvgIpc) is 2.53. The lowest BCUT2D eigenvalue weighted by molar-refractivity contribution is 0.569. The fraction of sp³-hybridized carbons (Fsp3) is 0. The molecule has 2 rings (SSSR count). The van der Waals surface area contributed by atoms with E-state index in [1.807, 2.05) is 24.3 Å². The van der Waals surface area contributed by atoms with Crippen LogP contribution in [0.2, 0.25) is 0 Å². The molecule has 0 radical (unpaired) electrons. The number of furan rings is 1. The van der Waals surface area contributed by atoms with E-state index >= 15 is 0 Å². The van der Waals surface area contributed by atoms with Gasteiger partial charge in [0.05, 0.1) is 5.69 Å². The minimum absolute atomic E-state index is 0.669. The summed E-state index contributed by atoms with van der Waals surface area (Å²) in [5, 5.41) is 0. The highest BCUT2D eigenvalue weighted by atomic mass is 79.9. The van der Waals surface area contributed by atoms with Gasteiger partial charge >= 0.3 is 0 Å². The smallest absolute Gasteiger partial charge is 0.114 e. The summed E-state index contributed by atoms with van der Waals surface area (Å²) in [5.41, 5.74) is 8.38. The molecule has 0 atom stereocenters. The lowest BCUT2D eigenvalue weighted by Gasteiger charge is -1.98. The van der Waals surface area contributed by atoms with Gasteiger partial charge in [-0.15, -0.1) is 0 Å². The Morgan fingerprint density at radius 3 is 2.31 bits per heavy atom. The molecule has 13 heavy (non-hydrogen) atoms. The summed E-state index contributed by atoms with van der Waals surface area (Å²) in [7, 11) is 0. The molecule has 0 spiro atoms. The quantitative estimate of drug-likeness (QED) is 0.827. The molecule has 2 N–H and O–H groups in total. The highest BCUT2D eigenvalue weighted by molar-refractivity contribution is 9.10. The van der Waals surface area contributed by atoms with Crippen molar-refractivity contribution in [1.29, 1.82) is 0 Å². The first-order chi connectivity index (χ1) is 6.27. The van der Waals surface area contributed by atoms with E-state index in [-0.39, 0.29) is 0 Å². The molecule has 0 aliphatic rings. The molecular formula is C10H8BrNO. The molecule has 0 aliphatic carbocycles. The summed E-state index contributed by atoms with van der Waals surface area (Å²) in [4.78, 5) is 0. The van der Waals surface area contributed by atoms with Crippen molar-refractivity contribution in [3.8, 4) is 11.1 Å². The van der Waals surface area contributed by atoms with Crippen LogP contribution in [0, 0.1) is 0 Å². The molecule has 0 aliphatic heterocycles. The lowest BCUT2D eigenvalue weighted by atomic mass is 10.1. The largest absolute Gasteiger partial charge is 0.470 e. The molecule has 1 aromatic carbocycles. The van der Waals surface area contributed by atoms with Gasteiger partial charge in [0.2, 0.25) is 0 Å². The van der Waals surface area contributed by atoms with Gasteiger partial charge in [0.15, 0.2) is 0 Å². The van der Waals surface area contributed by atoms with Crippen LogP contribution in [0.4, 0.5) is 5.69 Å². The third-order valence-electron chi connectivity index (χ3n) is 1.85. The summed E-state index contributed by atoms with van der Waals surface area (Å²) in [6, 6.07) is 7.93. The summed E-state index contributed by atoms with van der Waals surface area (Å²) in [6.07, 6.45) is 3.19. The van der Waals surface area contributed by atoms with Crippen LogP contribution in [-0.4, -0.2) is 0 Å². The number of hydrogen-bond acceptors (Lipinski definition) is 2. The normalized spacial score (nSPS) is 10.2. The summed E-state index contributed by atoms with van der Waals surface area (Å²) >= 11 is 3.37. The van der Waals surface area contributed by atoms with Gasteiger partial charge in [-0.3, -0.25) is 0 Å². The number of anilines is 1. The molecule has 0 fully saturated rings. The van der Waals surface area contributed by atoms with Gasteiger partial charge in [0, 0.05) is 10.0 Å². The third kappa shape index (κ3) is 1.60. The van der Waals surface area contributed by atoms with Crippen LogP contribution in [-0.2, 0) is 0 Å². The maximum atomic E-state index is 5.71. The van der Waals surface area contributed by atoms with Crippen molar-refractivity contribution in [3.05, 3.63) is 41.3 Å². The predicted octanol–water partition coefficient (Wildman–Crippen LogP) is 3.29. The molecule has 0 bridgehead atoms. The van der Waals surface area contributed by atoms with E-state index in [1.165, 1.54) is 6.26 Å². The Labute approximate surface area is 84.5 Å². The Kier molecular flexibility index (Phi) is 2.10. The maximum absolute atomic E-state index is 5.71. The maximum Gasteiger partial charge on any atom is 0.114 e. The van der Waals surface area contributed by atoms with E-state index in [2.05, 4.69) is 15.9 Å². The number of hydrogen-bond donors (Lipinski definition) is 1. The van der Waals surface area contributed by atoms with Gasteiger partial charge in [-0.2, -0.15) is 0 Å². The second kappa shape index (κ2) is 3.26. The predicted molar refractivity (Wildman–Crippen MR) is 56.3 cm³/mol. The molecule has 1 aromatic heterocycles. The van der Waals surface area contributed by atoms with Crippen LogP contribution < -0.4 is 5.73 Å². The Hall–Kier alpha value is -1.22. The first-order valence-electron chi connectivity index (χ1n) is 3.85. The van der Waals surface area contributed by atoms with Crippen molar-refractivity contribution in [3.63, 3.8) is 0 Å². The van der Waals surface area contributed by atoms with E-state index in [0.717, 1.165) is 15.6 Å². The molecule has 0 unspecified atom stereocenters. The molecular weight excluding hydrogens is 230 g/mol. The minimum atomic E-state index is 0.669. The molecule has 2 nitrogen and oxygen atoms in total. The second-order valence-electron chi connectivity index (χ2n) is 2.75. The number of nitrogen functional groups attached to an aromatic ring is 1. The van der Waals surface area contributed by atoms with Gasteiger partial charge in [0.1, 0.15) is 12.5 Å². The highest BCUT2D eigenvalue weighted by Crippen LogP contribution is 2.27. The van der Waals surface area contributed by atoms with Gasteiger partial charge in [0.25, 0.3) is 0 Å². The van der Waals surface area contributed by atoms with Gasteiger partial charge in [-0.25, -0.2) is 0 Å². The SMILES string of the molecule is Nc1cocc1-c1ccc(Br)cc1. The molecule has 1 heterocycles. The van der Waals surface area contributed by atoms with E-state index < -0.39 is 0 Å². The number of benzene rings is 1. The van der Waals surface area contributed by atoms with Crippen molar-refractivity contribution >= 4 is 21.6 Å². The van der Waals surface area contributed by atoms with E-state index in [1.54, 1.807) is 6.26 Å². The first kappa shape index (κ1) is 8.38. The van der Waals surface area contributed by atoms with Crippen LogP contribution in [0.3, 0.4) is 0 Å². The molecule has 0 saturated carbocycles. The van der Waals surface area contributed by atoms with E-state index in [9.17, 15) is 0 Å². The van der Waals surface area contributed by atoms with E-state index in [4.69, 9.17) is 10.2 Å². The van der Waals surface area contributed by atoms with E-state index in [0.29, 0.717) is 5.69 Å². The van der Waals surface area contributed by atoms with Crippen LogP contribution >= 0.6 is 15.9 Å². The number of halogens is 1. The topological polar surface area (TPSA) is 39.2 Å². The third-order valence-corrected chi connectivity index (χ3v) is 2.38. The van der Waals surface area contributed by atoms with Crippen LogP contribution in [0.1, 0.15) is 0 Å². The van der Waals surface area contributed by atoms with Crippen molar-refractivity contribution in [2.75, 3.05) is 5.73 Å². The fourth-order valence-corrected chi connectivity index (χ4v) is 1.44. The standard InChI is InChI=1S/C10H8BrNO/c11-8-3-1-7(2-4-8)9-5-13-6-10(9)12/h1-6H,12H2.